The summed E-state index contributed by atoms with van der Waals surface area (Å²) >= 11 is 0. The van der Waals surface area contributed by atoms with Crippen molar-refractivity contribution in [1.29, 1.82) is 0 Å². The zero-order chi connectivity index (χ0) is 19.7. The van der Waals surface area contributed by atoms with Gasteiger partial charge in [-0.25, -0.2) is 9.78 Å². The summed E-state index contributed by atoms with van der Waals surface area (Å²) in [5.74, 6) is -1.07. The molecule has 138 valence electrons. The molecule has 3 aromatic rings. The van der Waals surface area contributed by atoms with Crippen LogP contribution in [0.3, 0.4) is 0 Å². The quantitative estimate of drug-likeness (QED) is 0.722. The summed E-state index contributed by atoms with van der Waals surface area (Å²) in [6.45, 7) is 2.03. The maximum absolute atomic E-state index is 12.3. The molecule has 0 radical (unpaired) electrons. The van der Waals surface area contributed by atoms with Gasteiger partial charge in [0.25, 0.3) is 0 Å². The number of carbonyl (C=O) groups excluding carboxylic acids is 1. The van der Waals surface area contributed by atoms with Gasteiger partial charge in [0.05, 0.1) is 17.9 Å². The number of carbonyl (C=O) groups is 2. The maximum Gasteiger partial charge on any atom is 0.354 e. The maximum atomic E-state index is 12.3. The standard InChI is InChI=1S/C23H18N2O3/c1-15(26)25-14-19-12-11-18(20-6-4-7-21(24-20)23(27)28)13-17(19)10-9-16-5-2-3-8-22(16)25/h2-13H,14H2,1H3,(H,27,28). The van der Waals surface area contributed by atoms with Crippen molar-refractivity contribution in [3.63, 3.8) is 0 Å². The molecular weight excluding hydrogens is 352 g/mol. The number of amides is 1. The highest BCUT2D eigenvalue weighted by Gasteiger charge is 2.18. The first-order chi connectivity index (χ1) is 13.5. The topological polar surface area (TPSA) is 70.5 Å². The summed E-state index contributed by atoms with van der Waals surface area (Å²) in [6.07, 6.45) is 4.02. The molecule has 0 spiro atoms. The number of carboxylic acids is 1. The molecule has 0 saturated carbocycles. The van der Waals surface area contributed by atoms with Crippen LogP contribution < -0.4 is 4.90 Å². The molecule has 5 heteroatoms. The van der Waals surface area contributed by atoms with E-state index >= 15 is 0 Å². The van der Waals surface area contributed by atoms with Gasteiger partial charge in [0.2, 0.25) is 5.91 Å². The van der Waals surface area contributed by atoms with Crippen molar-refractivity contribution in [3.05, 3.63) is 83.0 Å². The van der Waals surface area contributed by atoms with Gasteiger partial charge in [0.15, 0.2) is 0 Å². The first-order valence-corrected chi connectivity index (χ1v) is 8.92. The van der Waals surface area contributed by atoms with Crippen molar-refractivity contribution < 1.29 is 14.7 Å². The number of rotatable bonds is 2. The predicted octanol–water partition coefficient (Wildman–Crippen LogP) is 4.48. The van der Waals surface area contributed by atoms with Crippen LogP contribution in [-0.4, -0.2) is 22.0 Å². The Labute approximate surface area is 162 Å². The fourth-order valence-corrected chi connectivity index (χ4v) is 3.36. The van der Waals surface area contributed by atoms with Crippen molar-refractivity contribution in [2.75, 3.05) is 4.90 Å². The van der Waals surface area contributed by atoms with E-state index in [2.05, 4.69) is 4.98 Å². The van der Waals surface area contributed by atoms with E-state index in [0.717, 1.165) is 27.9 Å². The highest BCUT2D eigenvalue weighted by molar-refractivity contribution is 5.95. The Morgan fingerprint density at radius 1 is 0.964 bits per heavy atom. The number of aromatic carboxylic acids is 1. The van der Waals surface area contributed by atoms with Crippen molar-refractivity contribution in [1.82, 2.24) is 4.98 Å². The van der Waals surface area contributed by atoms with Crippen LogP contribution in [0.2, 0.25) is 0 Å². The summed E-state index contributed by atoms with van der Waals surface area (Å²) in [4.78, 5) is 29.5. The third kappa shape index (κ3) is 3.30. The van der Waals surface area contributed by atoms with Gasteiger partial charge in [-0.1, -0.05) is 48.6 Å². The van der Waals surface area contributed by atoms with Gasteiger partial charge in [-0.05, 0) is 41.0 Å². The molecule has 1 aliphatic heterocycles. The average Bonchev–Trinajstić information content (AvgIpc) is 2.69. The molecule has 0 atom stereocenters. The minimum Gasteiger partial charge on any atom is -0.477 e. The molecule has 0 aliphatic carbocycles. The molecule has 2 aromatic carbocycles. The average molecular weight is 370 g/mol. The molecule has 0 saturated heterocycles. The Balaban J connectivity index is 1.81. The van der Waals surface area contributed by atoms with E-state index in [4.69, 9.17) is 0 Å². The van der Waals surface area contributed by atoms with Crippen LogP contribution in [0.5, 0.6) is 0 Å². The SMILES string of the molecule is CC(=O)N1Cc2ccc(-c3cccc(C(=O)O)n3)cc2C=Cc2ccccc21. The molecule has 28 heavy (non-hydrogen) atoms. The van der Waals surface area contributed by atoms with E-state index in [1.165, 1.54) is 6.07 Å². The Morgan fingerprint density at radius 3 is 2.54 bits per heavy atom. The first kappa shape index (κ1) is 17.7. The fourth-order valence-electron chi connectivity index (χ4n) is 3.36. The summed E-state index contributed by atoms with van der Waals surface area (Å²) in [7, 11) is 0. The number of anilines is 1. The molecule has 1 N–H and O–H groups in total. The van der Waals surface area contributed by atoms with E-state index in [1.807, 2.05) is 54.6 Å². The number of nitrogens with zero attached hydrogens (tertiary/aromatic N) is 2. The molecule has 1 aliphatic rings. The van der Waals surface area contributed by atoms with E-state index in [9.17, 15) is 14.7 Å². The third-order valence-corrected chi connectivity index (χ3v) is 4.79. The molecule has 0 fully saturated rings. The van der Waals surface area contributed by atoms with Crippen LogP contribution in [0.15, 0.2) is 60.7 Å². The minimum atomic E-state index is -1.05. The molecule has 1 aromatic heterocycles. The Hall–Kier alpha value is -3.73. The number of para-hydroxylation sites is 1. The van der Waals surface area contributed by atoms with E-state index < -0.39 is 5.97 Å². The predicted molar refractivity (Wildman–Crippen MR) is 109 cm³/mol. The normalized spacial score (nSPS) is 12.5. The van der Waals surface area contributed by atoms with Crippen LogP contribution in [0, 0.1) is 0 Å². The van der Waals surface area contributed by atoms with Gasteiger partial charge < -0.3 is 10.0 Å². The van der Waals surface area contributed by atoms with Gasteiger partial charge in [-0.15, -0.1) is 0 Å². The zero-order valence-electron chi connectivity index (χ0n) is 15.3. The van der Waals surface area contributed by atoms with Gasteiger partial charge in [-0.3, -0.25) is 4.79 Å². The Kier molecular flexibility index (Phi) is 4.49. The van der Waals surface area contributed by atoms with Crippen molar-refractivity contribution in [2.45, 2.75) is 13.5 Å². The van der Waals surface area contributed by atoms with Crippen molar-refractivity contribution in [2.24, 2.45) is 0 Å². The lowest BCUT2D eigenvalue weighted by atomic mass is 9.97. The number of pyridine rings is 1. The third-order valence-electron chi connectivity index (χ3n) is 4.79. The smallest absolute Gasteiger partial charge is 0.354 e. The Bertz CT molecular complexity index is 1120. The monoisotopic (exact) mass is 370 g/mol. The number of fused-ring (bicyclic) bond motifs is 2. The molecule has 2 heterocycles. The fraction of sp³-hybridized carbons (Fsp3) is 0.0870. The van der Waals surface area contributed by atoms with Gasteiger partial charge in [0.1, 0.15) is 5.69 Å². The second-order valence-electron chi connectivity index (χ2n) is 6.62. The molecule has 0 bridgehead atoms. The van der Waals surface area contributed by atoms with Crippen LogP contribution in [0.4, 0.5) is 5.69 Å². The molecule has 0 unspecified atom stereocenters. The lowest BCUT2D eigenvalue weighted by Crippen LogP contribution is -2.29. The first-order valence-electron chi connectivity index (χ1n) is 8.92. The van der Waals surface area contributed by atoms with E-state index in [0.29, 0.717) is 12.2 Å². The van der Waals surface area contributed by atoms with Gasteiger partial charge in [-0.2, -0.15) is 0 Å². The highest BCUT2D eigenvalue weighted by Crippen LogP contribution is 2.30. The zero-order valence-corrected chi connectivity index (χ0v) is 15.3. The second kappa shape index (κ2) is 7.12. The minimum absolute atomic E-state index is 0.0106. The molecule has 5 nitrogen and oxygen atoms in total. The largest absolute Gasteiger partial charge is 0.477 e. The van der Waals surface area contributed by atoms with E-state index in [1.54, 1.807) is 24.0 Å². The molecule has 4 rings (SSSR count). The number of hydrogen-bond acceptors (Lipinski definition) is 3. The number of aromatic nitrogens is 1. The molecular formula is C23H18N2O3. The Morgan fingerprint density at radius 2 is 1.75 bits per heavy atom. The lowest BCUT2D eigenvalue weighted by molar-refractivity contribution is -0.116. The van der Waals surface area contributed by atoms with Crippen molar-refractivity contribution in [3.8, 4) is 11.3 Å². The summed E-state index contributed by atoms with van der Waals surface area (Å²) in [5.41, 5.74) is 5.28. The lowest BCUT2D eigenvalue weighted by Gasteiger charge is -2.26. The van der Waals surface area contributed by atoms with Gasteiger partial charge >= 0.3 is 5.97 Å². The van der Waals surface area contributed by atoms with Crippen LogP contribution in [0.1, 0.15) is 34.1 Å². The van der Waals surface area contributed by atoms with Crippen LogP contribution in [0.25, 0.3) is 23.4 Å². The summed E-state index contributed by atoms with van der Waals surface area (Å²) in [5, 5.41) is 9.18. The second-order valence-corrected chi connectivity index (χ2v) is 6.62. The summed E-state index contributed by atoms with van der Waals surface area (Å²) < 4.78 is 0. The van der Waals surface area contributed by atoms with Crippen LogP contribution in [-0.2, 0) is 11.3 Å². The van der Waals surface area contributed by atoms with Crippen molar-refractivity contribution >= 4 is 29.7 Å². The molecule has 1 amide bonds. The highest BCUT2D eigenvalue weighted by atomic mass is 16.4. The summed E-state index contributed by atoms with van der Waals surface area (Å²) in [6, 6.07) is 18.6. The number of hydrogen-bond donors (Lipinski definition) is 1. The van der Waals surface area contributed by atoms with E-state index in [-0.39, 0.29) is 11.6 Å². The van der Waals surface area contributed by atoms with Gasteiger partial charge in [0, 0.05) is 12.5 Å². The van der Waals surface area contributed by atoms with Crippen LogP contribution >= 0.6 is 0 Å². The number of carboxylic acid groups (broad SMARTS) is 1. The number of benzene rings is 2.